The molecule has 2 aromatic rings. The highest BCUT2D eigenvalue weighted by atomic mass is 15.3. The average Bonchev–Trinajstić information content (AvgIpc) is 3.09. The second-order valence-electron chi connectivity index (χ2n) is 5.07. The third-order valence-electron chi connectivity index (χ3n) is 3.38. The van der Waals surface area contributed by atoms with Crippen LogP contribution in [0.1, 0.15) is 31.7 Å². The highest BCUT2D eigenvalue weighted by Gasteiger charge is 2.00. The van der Waals surface area contributed by atoms with Gasteiger partial charge in [0.15, 0.2) is 5.96 Å². The zero-order chi connectivity index (χ0) is 15.6. The molecule has 6 heteroatoms. The highest BCUT2D eigenvalue weighted by Crippen LogP contribution is 2.07. The van der Waals surface area contributed by atoms with Crippen molar-refractivity contribution in [1.82, 2.24) is 25.4 Å². The Bertz CT molecular complexity index is 559. The first-order chi connectivity index (χ1) is 10.8. The lowest BCUT2D eigenvalue weighted by atomic mass is 10.2. The van der Waals surface area contributed by atoms with Crippen LogP contribution in [0.25, 0.3) is 5.69 Å². The fraction of sp³-hybridized carbons (Fsp3) is 0.438. The van der Waals surface area contributed by atoms with Gasteiger partial charge in [-0.05, 0) is 24.1 Å². The smallest absolute Gasteiger partial charge is 0.191 e. The molecule has 0 bridgehead atoms. The Morgan fingerprint density at radius 2 is 2.00 bits per heavy atom. The van der Waals surface area contributed by atoms with E-state index in [1.807, 2.05) is 12.1 Å². The summed E-state index contributed by atoms with van der Waals surface area (Å²) in [4.78, 5) is 8.18. The van der Waals surface area contributed by atoms with E-state index in [0.29, 0.717) is 0 Å². The Kier molecular flexibility index (Phi) is 6.41. The van der Waals surface area contributed by atoms with Crippen LogP contribution >= 0.6 is 0 Å². The van der Waals surface area contributed by atoms with Crippen molar-refractivity contribution in [2.75, 3.05) is 13.6 Å². The predicted octanol–water partition coefficient (Wildman–Crippen LogP) is 2.12. The second kappa shape index (κ2) is 8.81. The first-order valence-electron chi connectivity index (χ1n) is 7.72. The lowest BCUT2D eigenvalue weighted by Gasteiger charge is -2.12. The van der Waals surface area contributed by atoms with Gasteiger partial charge >= 0.3 is 0 Å². The van der Waals surface area contributed by atoms with Crippen molar-refractivity contribution < 1.29 is 0 Å². The predicted molar refractivity (Wildman–Crippen MR) is 89.1 cm³/mol. The maximum Gasteiger partial charge on any atom is 0.191 e. The van der Waals surface area contributed by atoms with E-state index in [1.165, 1.54) is 31.2 Å². The zero-order valence-electron chi connectivity index (χ0n) is 13.3. The number of hydrogen-bond acceptors (Lipinski definition) is 3. The van der Waals surface area contributed by atoms with Gasteiger partial charge in [0.25, 0.3) is 0 Å². The normalized spacial score (nSPS) is 11.5. The molecule has 0 atom stereocenters. The van der Waals surface area contributed by atoms with Crippen LogP contribution in [-0.2, 0) is 6.54 Å². The molecule has 0 radical (unpaired) electrons. The molecule has 2 N–H and O–H groups in total. The van der Waals surface area contributed by atoms with Crippen LogP contribution < -0.4 is 10.6 Å². The Labute approximate surface area is 131 Å². The van der Waals surface area contributed by atoms with Crippen molar-refractivity contribution in [2.45, 2.75) is 32.7 Å². The number of aliphatic imine (C=N–C) groups is 1. The largest absolute Gasteiger partial charge is 0.356 e. The fourth-order valence-corrected chi connectivity index (χ4v) is 2.10. The highest BCUT2D eigenvalue weighted by molar-refractivity contribution is 5.79. The topological polar surface area (TPSA) is 67.1 Å². The van der Waals surface area contributed by atoms with Crippen molar-refractivity contribution >= 4 is 5.96 Å². The van der Waals surface area contributed by atoms with E-state index < -0.39 is 0 Å². The van der Waals surface area contributed by atoms with Gasteiger partial charge in [0.2, 0.25) is 0 Å². The van der Waals surface area contributed by atoms with Crippen molar-refractivity contribution in [2.24, 2.45) is 4.99 Å². The van der Waals surface area contributed by atoms with Crippen LogP contribution in [0.3, 0.4) is 0 Å². The third kappa shape index (κ3) is 4.87. The molecule has 0 saturated heterocycles. The van der Waals surface area contributed by atoms with Gasteiger partial charge < -0.3 is 10.6 Å². The Morgan fingerprint density at radius 1 is 1.18 bits per heavy atom. The minimum absolute atomic E-state index is 0.741. The molecule has 1 aromatic carbocycles. The maximum absolute atomic E-state index is 4.23. The van der Waals surface area contributed by atoms with Crippen LogP contribution in [-0.4, -0.2) is 34.3 Å². The molecule has 2 rings (SSSR count). The van der Waals surface area contributed by atoms with Crippen LogP contribution in [0.5, 0.6) is 0 Å². The van der Waals surface area contributed by atoms with E-state index >= 15 is 0 Å². The van der Waals surface area contributed by atoms with E-state index in [0.717, 1.165) is 24.7 Å². The standard InChI is InChI=1S/C16H24N6/c1-3-4-5-10-19-16(17-2)20-11-14-6-8-15(9-7-14)22-13-18-12-21-22/h6-9,12-13H,3-5,10-11H2,1-2H3,(H2,17,19,20). The monoisotopic (exact) mass is 300 g/mol. The molecule has 0 spiro atoms. The summed E-state index contributed by atoms with van der Waals surface area (Å²) in [6, 6.07) is 8.22. The summed E-state index contributed by atoms with van der Waals surface area (Å²) in [7, 11) is 1.79. The van der Waals surface area contributed by atoms with Crippen molar-refractivity contribution in [3.63, 3.8) is 0 Å². The van der Waals surface area contributed by atoms with Crippen LogP contribution in [0.2, 0.25) is 0 Å². The molecular weight excluding hydrogens is 276 g/mol. The van der Waals surface area contributed by atoms with E-state index in [-0.39, 0.29) is 0 Å². The Hall–Kier alpha value is -2.37. The van der Waals surface area contributed by atoms with Gasteiger partial charge in [-0.3, -0.25) is 4.99 Å². The van der Waals surface area contributed by atoms with E-state index in [4.69, 9.17) is 0 Å². The number of benzene rings is 1. The SMILES string of the molecule is CCCCCNC(=NC)NCc1ccc(-n2cncn2)cc1. The lowest BCUT2D eigenvalue weighted by molar-refractivity contribution is 0.683. The first kappa shape index (κ1) is 16.0. The number of nitrogens with zero attached hydrogens (tertiary/aromatic N) is 4. The summed E-state index contributed by atoms with van der Waals surface area (Å²) in [5.74, 6) is 0.844. The molecule has 0 fully saturated rings. The number of rotatable bonds is 7. The molecule has 0 saturated carbocycles. The number of nitrogens with one attached hydrogen (secondary N) is 2. The Morgan fingerprint density at radius 3 is 2.64 bits per heavy atom. The molecule has 118 valence electrons. The summed E-state index contributed by atoms with van der Waals surface area (Å²) < 4.78 is 1.74. The molecule has 0 aliphatic rings. The van der Waals surface area contributed by atoms with Gasteiger partial charge in [0, 0.05) is 20.1 Å². The average molecular weight is 300 g/mol. The van der Waals surface area contributed by atoms with Gasteiger partial charge in [0.05, 0.1) is 5.69 Å². The van der Waals surface area contributed by atoms with E-state index in [1.54, 1.807) is 18.1 Å². The molecule has 0 aliphatic heterocycles. The molecule has 1 heterocycles. The summed E-state index contributed by atoms with van der Waals surface area (Å²) in [6.07, 6.45) is 6.86. The minimum Gasteiger partial charge on any atom is -0.356 e. The van der Waals surface area contributed by atoms with Crippen molar-refractivity contribution in [3.8, 4) is 5.69 Å². The van der Waals surface area contributed by atoms with E-state index in [2.05, 4.69) is 44.8 Å². The summed E-state index contributed by atoms with van der Waals surface area (Å²) >= 11 is 0. The number of aromatic nitrogens is 3. The first-order valence-corrected chi connectivity index (χ1v) is 7.72. The van der Waals surface area contributed by atoms with E-state index in [9.17, 15) is 0 Å². The number of guanidine groups is 1. The number of unbranched alkanes of at least 4 members (excludes halogenated alkanes) is 2. The van der Waals surface area contributed by atoms with Crippen molar-refractivity contribution in [1.29, 1.82) is 0 Å². The van der Waals surface area contributed by atoms with Gasteiger partial charge in [-0.1, -0.05) is 31.9 Å². The Balaban J connectivity index is 1.80. The molecule has 0 unspecified atom stereocenters. The summed E-state index contributed by atoms with van der Waals surface area (Å²) in [5.41, 5.74) is 2.20. The van der Waals surface area contributed by atoms with Gasteiger partial charge in [-0.25, -0.2) is 9.67 Å². The molecular formula is C16H24N6. The van der Waals surface area contributed by atoms with Gasteiger partial charge in [0.1, 0.15) is 12.7 Å². The zero-order valence-corrected chi connectivity index (χ0v) is 13.3. The molecule has 22 heavy (non-hydrogen) atoms. The minimum atomic E-state index is 0.741. The fourth-order valence-electron chi connectivity index (χ4n) is 2.10. The summed E-state index contributed by atoms with van der Waals surface area (Å²) in [5, 5.41) is 10.8. The number of hydrogen-bond donors (Lipinski definition) is 2. The maximum atomic E-state index is 4.23. The molecule has 1 aromatic heterocycles. The third-order valence-corrected chi connectivity index (χ3v) is 3.38. The van der Waals surface area contributed by atoms with Crippen LogP contribution in [0, 0.1) is 0 Å². The quantitative estimate of drug-likeness (QED) is 0.467. The van der Waals surface area contributed by atoms with Crippen molar-refractivity contribution in [3.05, 3.63) is 42.5 Å². The van der Waals surface area contributed by atoms with Crippen LogP contribution in [0.15, 0.2) is 41.9 Å². The molecule has 0 amide bonds. The van der Waals surface area contributed by atoms with Gasteiger partial charge in [-0.2, -0.15) is 5.10 Å². The second-order valence-corrected chi connectivity index (χ2v) is 5.07. The lowest BCUT2D eigenvalue weighted by Crippen LogP contribution is -2.37. The molecule has 0 aliphatic carbocycles. The van der Waals surface area contributed by atoms with Crippen LogP contribution in [0.4, 0.5) is 0 Å². The summed E-state index contributed by atoms with van der Waals surface area (Å²) in [6.45, 7) is 3.90. The van der Waals surface area contributed by atoms with Gasteiger partial charge in [-0.15, -0.1) is 0 Å². The molecule has 6 nitrogen and oxygen atoms in total.